The van der Waals surface area contributed by atoms with Crippen LogP contribution >= 0.6 is 0 Å². The van der Waals surface area contributed by atoms with Crippen molar-refractivity contribution in [1.82, 2.24) is 9.78 Å². The molecule has 0 saturated heterocycles. The summed E-state index contributed by atoms with van der Waals surface area (Å²) in [5.74, 6) is 1.10. The lowest BCUT2D eigenvalue weighted by molar-refractivity contribution is 0.147. The van der Waals surface area contributed by atoms with Gasteiger partial charge in [0.1, 0.15) is 19.0 Å². The van der Waals surface area contributed by atoms with Gasteiger partial charge in [0.25, 0.3) is 6.43 Å². The average molecular weight is 281 g/mol. The number of aryl methyl sites for hydroxylation is 1. The first kappa shape index (κ1) is 12.7. The molecule has 3 rings (SSSR count). The number of rotatable bonds is 2. The average Bonchev–Trinajstić information content (AvgIpc) is 2.77. The molecule has 0 saturated carbocycles. The summed E-state index contributed by atoms with van der Waals surface area (Å²) in [4.78, 5) is 0. The number of fused-ring (bicyclic) bond motifs is 1. The van der Waals surface area contributed by atoms with Crippen molar-refractivity contribution >= 4 is 5.82 Å². The molecular weight excluding hydrogens is 268 g/mol. The van der Waals surface area contributed by atoms with Crippen LogP contribution in [-0.4, -0.2) is 23.0 Å². The lowest BCUT2D eigenvalue weighted by Crippen LogP contribution is -2.15. The lowest BCUT2D eigenvalue weighted by atomic mass is 10.0. The van der Waals surface area contributed by atoms with Gasteiger partial charge in [0, 0.05) is 18.2 Å². The van der Waals surface area contributed by atoms with Crippen molar-refractivity contribution in [1.29, 1.82) is 0 Å². The number of anilines is 1. The molecule has 7 heteroatoms. The molecule has 0 amide bonds. The second kappa shape index (κ2) is 4.66. The summed E-state index contributed by atoms with van der Waals surface area (Å²) in [7, 11) is 1.65. The first-order chi connectivity index (χ1) is 9.58. The van der Waals surface area contributed by atoms with Crippen molar-refractivity contribution in [3.05, 3.63) is 23.9 Å². The number of hydrogen-bond donors (Lipinski definition) is 1. The maximum Gasteiger partial charge on any atom is 0.264 e. The Kier molecular flexibility index (Phi) is 2.96. The normalized spacial score (nSPS) is 13.8. The standard InChI is InChI=1S/C13H13F2N3O2/c1-18-13(16)9(6-17-18)7-4-10-11(20-3-2-19-10)5-8(7)12(14)15/h4-6,12H,2-3,16H2,1H3. The molecule has 5 nitrogen and oxygen atoms in total. The molecule has 0 fully saturated rings. The minimum atomic E-state index is -2.64. The van der Waals surface area contributed by atoms with Crippen LogP contribution in [0, 0.1) is 0 Å². The van der Waals surface area contributed by atoms with Gasteiger partial charge in [0.15, 0.2) is 11.5 Å². The van der Waals surface area contributed by atoms with E-state index in [2.05, 4.69) is 5.10 Å². The Bertz CT molecular complexity index is 655. The van der Waals surface area contributed by atoms with Crippen molar-refractivity contribution in [2.45, 2.75) is 6.43 Å². The summed E-state index contributed by atoms with van der Waals surface area (Å²) in [6.07, 6.45) is -1.17. The second-order valence-electron chi connectivity index (χ2n) is 4.45. The summed E-state index contributed by atoms with van der Waals surface area (Å²) in [6.45, 7) is 0.743. The minimum absolute atomic E-state index is 0.144. The van der Waals surface area contributed by atoms with Crippen molar-refractivity contribution in [3.63, 3.8) is 0 Å². The molecule has 2 heterocycles. The van der Waals surface area contributed by atoms with E-state index in [-0.39, 0.29) is 5.56 Å². The first-order valence-corrected chi connectivity index (χ1v) is 6.07. The van der Waals surface area contributed by atoms with Gasteiger partial charge in [-0.05, 0) is 17.7 Å². The van der Waals surface area contributed by atoms with Crippen LogP contribution < -0.4 is 15.2 Å². The number of nitrogen functional groups attached to an aromatic ring is 1. The number of alkyl halides is 2. The van der Waals surface area contributed by atoms with E-state index in [1.165, 1.54) is 23.0 Å². The quantitative estimate of drug-likeness (QED) is 0.918. The predicted octanol–water partition coefficient (Wildman–Crippen LogP) is 2.38. The van der Waals surface area contributed by atoms with Crippen LogP contribution in [0.2, 0.25) is 0 Å². The monoisotopic (exact) mass is 281 g/mol. The molecule has 2 aromatic rings. The van der Waals surface area contributed by atoms with E-state index in [0.29, 0.717) is 41.7 Å². The van der Waals surface area contributed by atoms with Gasteiger partial charge in [0.05, 0.1) is 6.20 Å². The van der Waals surface area contributed by atoms with E-state index in [1.54, 1.807) is 7.05 Å². The molecule has 20 heavy (non-hydrogen) atoms. The fraction of sp³-hybridized carbons (Fsp3) is 0.308. The summed E-state index contributed by atoms with van der Waals surface area (Å²) >= 11 is 0. The maximum absolute atomic E-state index is 13.3. The van der Waals surface area contributed by atoms with Crippen LogP contribution in [0.5, 0.6) is 11.5 Å². The number of ether oxygens (including phenoxy) is 2. The highest BCUT2D eigenvalue weighted by atomic mass is 19.3. The maximum atomic E-state index is 13.3. The third kappa shape index (κ3) is 1.95. The number of hydrogen-bond acceptors (Lipinski definition) is 4. The number of aromatic nitrogens is 2. The predicted molar refractivity (Wildman–Crippen MR) is 69.0 cm³/mol. The Morgan fingerprint density at radius 2 is 1.85 bits per heavy atom. The third-order valence-electron chi connectivity index (χ3n) is 3.22. The highest BCUT2D eigenvalue weighted by Crippen LogP contribution is 2.42. The summed E-state index contributed by atoms with van der Waals surface area (Å²) in [5, 5.41) is 3.98. The Hall–Kier alpha value is -2.31. The van der Waals surface area contributed by atoms with Gasteiger partial charge in [0.2, 0.25) is 0 Å². The smallest absolute Gasteiger partial charge is 0.264 e. The molecule has 0 radical (unpaired) electrons. The van der Waals surface area contributed by atoms with E-state index in [9.17, 15) is 8.78 Å². The van der Waals surface area contributed by atoms with Crippen molar-refractivity contribution in [3.8, 4) is 22.6 Å². The fourth-order valence-electron chi connectivity index (χ4n) is 2.17. The summed E-state index contributed by atoms with van der Waals surface area (Å²) < 4.78 is 38.7. The molecule has 1 aliphatic heterocycles. The van der Waals surface area contributed by atoms with Crippen LogP contribution in [0.1, 0.15) is 12.0 Å². The molecule has 106 valence electrons. The van der Waals surface area contributed by atoms with E-state index in [1.807, 2.05) is 0 Å². The molecule has 1 aliphatic rings. The van der Waals surface area contributed by atoms with Gasteiger partial charge >= 0.3 is 0 Å². The third-order valence-corrected chi connectivity index (χ3v) is 3.22. The topological polar surface area (TPSA) is 62.3 Å². The molecule has 1 aromatic heterocycles. The highest BCUT2D eigenvalue weighted by molar-refractivity contribution is 5.78. The zero-order chi connectivity index (χ0) is 14.3. The van der Waals surface area contributed by atoms with E-state index >= 15 is 0 Å². The SMILES string of the molecule is Cn1ncc(-c2cc3c(cc2C(F)F)OCCO3)c1N. The van der Waals surface area contributed by atoms with Gasteiger partial charge in [-0.15, -0.1) is 0 Å². The molecule has 1 aromatic carbocycles. The fourth-order valence-corrected chi connectivity index (χ4v) is 2.17. The van der Waals surface area contributed by atoms with E-state index < -0.39 is 6.43 Å². The molecule has 0 spiro atoms. The zero-order valence-electron chi connectivity index (χ0n) is 10.8. The van der Waals surface area contributed by atoms with E-state index in [4.69, 9.17) is 15.2 Å². The Morgan fingerprint density at radius 3 is 2.40 bits per heavy atom. The number of nitrogens with two attached hydrogens (primary N) is 1. The van der Waals surface area contributed by atoms with Gasteiger partial charge in [-0.25, -0.2) is 8.78 Å². The minimum Gasteiger partial charge on any atom is -0.486 e. The van der Waals surface area contributed by atoms with Crippen molar-refractivity contribution < 1.29 is 18.3 Å². The van der Waals surface area contributed by atoms with Crippen molar-refractivity contribution in [2.24, 2.45) is 7.05 Å². The van der Waals surface area contributed by atoms with Crippen LogP contribution in [0.3, 0.4) is 0 Å². The van der Waals surface area contributed by atoms with Crippen LogP contribution in [0.4, 0.5) is 14.6 Å². The highest BCUT2D eigenvalue weighted by Gasteiger charge is 2.23. The Morgan fingerprint density at radius 1 is 1.20 bits per heavy atom. The van der Waals surface area contributed by atoms with Crippen LogP contribution in [-0.2, 0) is 7.05 Å². The second-order valence-corrected chi connectivity index (χ2v) is 4.45. The largest absolute Gasteiger partial charge is 0.486 e. The summed E-state index contributed by atoms with van der Waals surface area (Å²) in [5.41, 5.74) is 6.49. The molecule has 2 N–H and O–H groups in total. The molecular formula is C13H13F2N3O2. The number of nitrogens with zero attached hydrogens (tertiary/aromatic N) is 2. The molecule has 0 aliphatic carbocycles. The Labute approximate surface area is 113 Å². The van der Waals surface area contributed by atoms with Gasteiger partial charge in [-0.1, -0.05) is 0 Å². The van der Waals surface area contributed by atoms with Gasteiger partial charge in [-0.2, -0.15) is 5.10 Å². The first-order valence-electron chi connectivity index (χ1n) is 6.07. The van der Waals surface area contributed by atoms with Crippen LogP contribution in [0.15, 0.2) is 18.3 Å². The van der Waals surface area contributed by atoms with Crippen LogP contribution in [0.25, 0.3) is 11.1 Å². The lowest BCUT2D eigenvalue weighted by Gasteiger charge is -2.21. The molecule has 0 atom stereocenters. The number of benzene rings is 1. The Balaban J connectivity index is 2.20. The van der Waals surface area contributed by atoms with Gasteiger partial charge in [-0.3, -0.25) is 4.68 Å². The van der Waals surface area contributed by atoms with E-state index in [0.717, 1.165) is 0 Å². The molecule has 0 unspecified atom stereocenters. The number of halogens is 2. The van der Waals surface area contributed by atoms with Gasteiger partial charge < -0.3 is 15.2 Å². The molecule has 0 bridgehead atoms. The van der Waals surface area contributed by atoms with Crippen molar-refractivity contribution in [2.75, 3.05) is 18.9 Å². The summed E-state index contributed by atoms with van der Waals surface area (Å²) in [6, 6.07) is 2.84. The zero-order valence-corrected chi connectivity index (χ0v) is 10.8.